The Bertz CT molecular complexity index is 1570. The molecule has 0 bridgehead atoms. The first-order valence-electron chi connectivity index (χ1n) is 13.3. The molecular weight excluding hydrogens is 541 g/mol. The summed E-state index contributed by atoms with van der Waals surface area (Å²) in [4.78, 5) is 60.3. The number of carbonyl (C=O) groups excluding carboxylic acids is 3. The van der Waals surface area contributed by atoms with Crippen LogP contribution in [-0.2, 0) is 20.8 Å². The van der Waals surface area contributed by atoms with E-state index in [4.69, 9.17) is 0 Å². The second kappa shape index (κ2) is 8.77. The lowest BCUT2D eigenvalue weighted by Crippen LogP contribution is -2.63. The normalized spacial score (nSPS) is 27.2. The highest BCUT2D eigenvalue weighted by Crippen LogP contribution is 3.00. The molecule has 3 amide bonds. The van der Waals surface area contributed by atoms with E-state index in [1.54, 1.807) is 24.3 Å². The highest BCUT2D eigenvalue weighted by Gasteiger charge is 3.02. The molecule has 5 atom stereocenters. The summed E-state index contributed by atoms with van der Waals surface area (Å²) in [6.07, 6.45) is -4.73. The van der Waals surface area contributed by atoms with E-state index >= 15 is 0 Å². The number of benzene rings is 1. The first kappa shape index (κ1) is 28.6. The summed E-state index contributed by atoms with van der Waals surface area (Å²) in [5.41, 5.74) is -1.79. The van der Waals surface area contributed by atoms with Crippen LogP contribution in [0.25, 0.3) is 11.0 Å². The van der Waals surface area contributed by atoms with Crippen LogP contribution < -0.4 is 16.2 Å². The number of fused-ring (bicyclic) bond motifs is 1. The van der Waals surface area contributed by atoms with Crippen molar-refractivity contribution in [3.63, 3.8) is 0 Å². The summed E-state index contributed by atoms with van der Waals surface area (Å²) >= 11 is 0. The van der Waals surface area contributed by atoms with E-state index in [1.807, 2.05) is 25.2 Å². The number of aromatic amines is 1. The molecule has 2 aromatic rings. The lowest BCUT2D eigenvalue weighted by atomic mass is 9.79. The SMILES string of the molecule is CC(C)(C)[C@H](NC(=O)C(F)(F)F)C(=O)N1C[C@@]23CC2([C@H]1C(=O)N[C@H](C#N)Cc1nc2ccccc2[nH]c1=O)C3(C)C. The number of piperidine rings is 2. The van der Waals surface area contributed by atoms with Crippen LogP contribution in [0.4, 0.5) is 13.2 Å². The van der Waals surface area contributed by atoms with Gasteiger partial charge >= 0.3 is 12.1 Å². The summed E-state index contributed by atoms with van der Waals surface area (Å²) in [6, 6.07) is 5.07. The summed E-state index contributed by atoms with van der Waals surface area (Å²) in [5, 5.41) is 14.3. The third kappa shape index (κ3) is 4.09. The van der Waals surface area contributed by atoms with Crippen molar-refractivity contribution in [1.82, 2.24) is 25.5 Å². The molecule has 3 aliphatic rings. The summed E-state index contributed by atoms with van der Waals surface area (Å²) in [5.74, 6) is -3.67. The van der Waals surface area contributed by atoms with Crippen LogP contribution in [0.15, 0.2) is 29.1 Å². The number of rotatable bonds is 6. The van der Waals surface area contributed by atoms with Gasteiger partial charge in [-0.25, -0.2) is 4.98 Å². The third-order valence-corrected chi connectivity index (χ3v) is 9.49. The van der Waals surface area contributed by atoms with Crippen molar-refractivity contribution in [2.45, 2.75) is 71.8 Å². The molecule has 41 heavy (non-hydrogen) atoms. The predicted molar refractivity (Wildman–Crippen MR) is 140 cm³/mol. The number of hydrogen-bond acceptors (Lipinski definition) is 6. The maximum Gasteiger partial charge on any atom is 0.471 e. The van der Waals surface area contributed by atoms with E-state index in [-0.39, 0.29) is 29.5 Å². The minimum Gasteiger partial charge on any atom is -0.338 e. The molecule has 3 N–H and O–H groups in total. The van der Waals surface area contributed by atoms with Gasteiger partial charge in [-0.2, -0.15) is 18.4 Å². The van der Waals surface area contributed by atoms with Crippen LogP contribution in [0.5, 0.6) is 0 Å². The Morgan fingerprint density at radius 3 is 2.44 bits per heavy atom. The molecule has 1 aromatic heterocycles. The van der Waals surface area contributed by atoms with Crippen molar-refractivity contribution in [1.29, 1.82) is 5.26 Å². The zero-order valence-electron chi connectivity index (χ0n) is 23.3. The minimum atomic E-state index is -5.19. The summed E-state index contributed by atoms with van der Waals surface area (Å²) < 4.78 is 39.3. The first-order valence-corrected chi connectivity index (χ1v) is 13.3. The minimum absolute atomic E-state index is 0.0447. The van der Waals surface area contributed by atoms with Crippen LogP contribution in [-0.4, -0.2) is 63.4 Å². The molecule has 218 valence electrons. The maximum absolute atomic E-state index is 13.8. The lowest BCUT2D eigenvalue weighted by Gasteiger charge is -2.42. The van der Waals surface area contributed by atoms with Crippen molar-refractivity contribution < 1.29 is 27.6 Å². The van der Waals surface area contributed by atoms with Crippen LogP contribution >= 0.6 is 0 Å². The second-order valence-electron chi connectivity index (χ2n) is 12.9. The number of hydrogen-bond donors (Lipinski definition) is 3. The number of carbonyl (C=O) groups is 3. The molecular formula is C28H31F3N6O4. The number of nitrogens with one attached hydrogen (secondary N) is 3. The Balaban J connectivity index is 1.41. The van der Waals surface area contributed by atoms with Crippen LogP contribution in [0.1, 0.15) is 46.7 Å². The molecule has 3 fully saturated rings. The fourth-order valence-electron chi connectivity index (χ4n) is 7.08. The van der Waals surface area contributed by atoms with Crippen molar-refractivity contribution in [3.8, 4) is 6.07 Å². The van der Waals surface area contributed by atoms with Crippen LogP contribution in [0.2, 0.25) is 0 Å². The quantitative estimate of drug-likeness (QED) is 0.484. The Morgan fingerprint density at radius 1 is 1.20 bits per heavy atom. The number of aromatic nitrogens is 2. The van der Waals surface area contributed by atoms with Gasteiger partial charge in [0.1, 0.15) is 23.8 Å². The fraction of sp³-hybridized carbons (Fsp3) is 0.571. The van der Waals surface area contributed by atoms with E-state index in [1.165, 1.54) is 25.7 Å². The molecule has 0 spiro atoms. The molecule has 1 aliphatic heterocycles. The Morgan fingerprint density at radius 2 is 1.85 bits per heavy atom. The average molecular weight is 573 g/mol. The van der Waals surface area contributed by atoms with Gasteiger partial charge < -0.3 is 20.5 Å². The van der Waals surface area contributed by atoms with Crippen LogP contribution in [0, 0.1) is 33.0 Å². The monoisotopic (exact) mass is 572 g/mol. The van der Waals surface area contributed by atoms with Crippen LogP contribution in [0.3, 0.4) is 0 Å². The number of H-pyrrole nitrogens is 1. The standard InChI is InChI=1S/C28H31F3N6O4/c1-24(2,3)18(36-23(41)28(29,30)31)22(40)37-13-26-12-27(26,25(26,4)5)19(37)21(39)33-14(11-32)10-17-20(38)35-16-9-7-6-8-15(16)34-17/h6-9,14,18-19H,10,12-13H2,1-5H3,(H,33,39)(H,35,38)(H,36,41)/t14-,18+,19+,26+,27?/m0/s1. The van der Waals surface area contributed by atoms with Crippen molar-refractivity contribution >= 4 is 28.8 Å². The Labute approximate surface area is 233 Å². The maximum atomic E-state index is 13.8. The second-order valence-corrected chi connectivity index (χ2v) is 12.9. The molecule has 1 saturated heterocycles. The molecule has 2 saturated carbocycles. The zero-order valence-corrected chi connectivity index (χ0v) is 23.3. The van der Waals surface area contributed by atoms with Gasteiger partial charge in [0.2, 0.25) is 11.8 Å². The number of halogens is 3. The van der Waals surface area contributed by atoms with Gasteiger partial charge in [-0.15, -0.1) is 0 Å². The van der Waals surface area contributed by atoms with Crippen molar-refractivity contribution in [3.05, 3.63) is 40.3 Å². The van der Waals surface area contributed by atoms with Gasteiger partial charge in [0, 0.05) is 23.8 Å². The highest BCUT2D eigenvalue weighted by atomic mass is 19.4. The number of likely N-dealkylation sites (tertiary alicyclic amines) is 1. The van der Waals surface area contributed by atoms with Crippen molar-refractivity contribution in [2.24, 2.45) is 21.7 Å². The number of nitriles is 1. The topological polar surface area (TPSA) is 148 Å². The average Bonchev–Trinajstić information content (AvgIpc) is 3.60. The largest absolute Gasteiger partial charge is 0.471 e. The molecule has 5 rings (SSSR count). The number of amides is 3. The van der Waals surface area contributed by atoms with E-state index in [0.29, 0.717) is 17.5 Å². The smallest absolute Gasteiger partial charge is 0.338 e. The lowest BCUT2D eigenvalue weighted by molar-refractivity contribution is -0.176. The number of nitrogens with zero attached hydrogens (tertiary/aromatic N) is 3. The number of para-hydroxylation sites is 2. The van der Waals surface area contributed by atoms with Gasteiger partial charge in [-0.05, 0) is 29.4 Å². The molecule has 10 nitrogen and oxygen atoms in total. The molecule has 0 radical (unpaired) electrons. The molecule has 13 heteroatoms. The van der Waals surface area contributed by atoms with Gasteiger partial charge in [-0.3, -0.25) is 19.2 Å². The van der Waals surface area contributed by atoms with Crippen molar-refractivity contribution in [2.75, 3.05) is 6.54 Å². The first-order chi connectivity index (χ1) is 18.9. The molecule has 2 heterocycles. The van der Waals surface area contributed by atoms with E-state index < -0.39 is 58.4 Å². The number of alkyl halides is 3. The van der Waals surface area contributed by atoms with Gasteiger partial charge in [0.15, 0.2) is 0 Å². The molecule has 1 aromatic carbocycles. The van der Waals surface area contributed by atoms with E-state index in [9.17, 15) is 37.6 Å². The predicted octanol–water partition coefficient (Wildman–Crippen LogP) is 2.19. The Kier molecular flexibility index (Phi) is 6.11. The third-order valence-electron chi connectivity index (χ3n) is 9.49. The van der Waals surface area contributed by atoms with Gasteiger partial charge in [0.25, 0.3) is 5.56 Å². The highest BCUT2D eigenvalue weighted by molar-refractivity contribution is 5.96. The summed E-state index contributed by atoms with van der Waals surface area (Å²) in [7, 11) is 0. The van der Waals surface area contributed by atoms with E-state index in [0.717, 1.165) is 0 Å². The van der Waals surface area contributed by atoms with E-state index in [2.05, 4.69) is 15.3 Å². The molecule has 1 unspecified atom stereocenters. The zero-order chi connectivity index (χ0) is 30.3. The fourth-order valence-corrected chi connectivity index (χ4v) is 7.08. The van der Waals surface area contributed by atoms with Gasteiger partial charge in [-0.1, -0.05) is 46.8 Å². The Hall–Kier alpha value is -3.95. The van der Waals surface area contributed by atoms with Gasteiger partial charge in [0.05, 0.1) is 17.1 Å². The summed E-state index contributed by atoms with van der Waals surface area (Å²) in [6.45, 7) is 8.68. The molecule has 2 aliphatic carbocycles.